The van der Waals surface area contributed by atoms with Crippen molar-refractivity contribution in [2.75, 3.05) is 0 Å². The van der Waals surface area contributed by atoms with Crippen molar-refractivity contribution in [1.82, 2.24) is 15.1 Å². The molecule has 4 heteroatoms. The Bertz CT molecular complexity index is 634. The van der Waals surface area contributed by atoms with Gasteiger partial charge < -0.3 is 5.32 Å². The van der Waals surface area contributed by atoms with Crippen LogP contribution >= 0.6 is 0 Å². The van der Waals surface area contributed by atoms with E-state index in [9.17, 15) is 0 Å². The fraction of sp³-hybridized carbons (Fsp3) is 0.375. The van der Waals surface area contributed by atoms with Gasteiger partial charge in [0.1, 0.15) is 0 Å². The van der Waals surface area contributed by atoms with Crippen molar-refractivity contribution in [2.24, 2.45) is 7.05 Å². The lowest BCUT2D eigenvalue weighted by molar-refractivity contribution is 0.685. The van der Waals surface area contributed by atoms with Gasteiger partial charge in [0.05, 0.1) is 17.3 Å². The van der Waals surface area contributed by atoms with Crippen molar-refractivity contribution in [3.8, 4) is 6.07 Å². The maximum atomic E-state index is 8.86. The third-order valence-corrected chi connectivity index (χ3v) is 3.43. The van der Waals surface area contributed by atoms with E-state index in [0.29, 0.717) is 5.56 Å². The normalized spacial score (nSPS) is 10.5. The topological polar surface area (TPSA) is 53.6 Å². The Morgan fingerprint density at radius 3 is 2.70 bits per heavy atom. The minimum absolute atomic E-state index is 0.715. The molecule has 0 aliphatic rings. The molecule has 0 saturated carbocycles. The van der Waals surface area contributed by atoms with Crippen LogP contribution in [0, 0.1) is 18.3 Å². The number of rotatable bonds is 5. The summed E-state index contributed by atoms with van der Waals surface area (Å²) in [4.78, 5) is 0. The lowest BCUT2D eigenvalue weighted by Crippen LogP contribution is -2.14. The molecule has 4 nitrogen and oxygen atoms in total. The van der Waals surface area contributed by atoms with E-state index in [1.54, 1.807) is 0 Å². The van der Waals surface area contributed by atoms with Gasteiger partial charge >= 0.3 is 0 Å². The Kier molecular flexibility index (Phi) is 4.54. The molecule has 2 rings (SSSR count). The van der Waals surface area contributed by atoms with E-state index in [4.69, 9.17) is 5.26 Å². The predicted molar refractivity (Wildman–Crippen MR) is 79.0 cm³/mol. The molecule has 0 aliphatic heterocycles. The largest absolute Gasteiger partial charge is 0.308 e. The number of nitriles is 1. The first kappa shape index (κ1) is 14.3. The summed E-state index contributed by atoms with van der Waals surface area (Å²) in [5.41, 5.74) is 5.49. The summed E-state index contributed by atoms with van der Waals surface area (Å²) in [5.74, 6) is 0. The highest BCUT2D eigenvalue weighted by Gasteiger charge is 2.06. The predicted octanol–water partition coefficient (Wildman–Crippen LogP) is 2.45. The van der Waals surface area contributed by atoms with Gasteiger partial charge in [0.2, 0.25) is 0 Å². The van der Waals surface area contributed by atoms with Gasteiger partial charge in [0, 0.05) is 31.9 Å². The summed E-state index contributed by atoms with van der Waals surface area (Å²) in [5, 5.41) is 16.7. The zero-order chi connectivity index (χ0) is 14.5. The van der Waals surface area contributed by atoms with Crippen LogP contribution in [0.5, 0.6) is 0 Å². The Balaban J connectivity index is 1.98. The van der Waals surface area contributed by atoms with Crippen molar-refractivity contribution in [3.63, 3.8) is 0 Å². The number of benzene rings is 1. The molecule has 0 bridgehead atoms. The van der Waals surface area contributed by atoms with E-state index in [2.05, 4.69) is 29.6 Å². The van der Waals surface area contributed by atoms with Crippen LogP contribution in [0.3, 0.4) is 0 Å². The smallest absolute Gasteiger partial charge is 0.0991 e. The van der Waals surface area contributed by atoms with Crippen molar-refractivity contribution in [3.05, 3.63) is 52.3 Å². The average Bonchev–Trinajstić information content (AvgIpc) is 2.80. The van der Waals surface area contributed by atoms with E-state index in [1.165, 1.54) is 11.1 Å². The second-order valence-corrected chi connectivity index (χ2v) is 4.98. The molecule has 1 heterocycles. The number of nitrogens with one attached hydrogen (secondary N) is 1. The quantitative estimate of drug-likeness (QED) is 0.906. The first-order valence-electron chi connectivity index (χ1n) is 6.85. The molecule has 1 aromatic heterocycles. The zero-order valence-electron chi connectivity index (χ0n) is 12.3. The van der Waals surface area contributed by atoms with Crippen LogP contribution in [0.4, 0.5) is 0 Å². The van der Waals surface area contributed by atoms with Gasteiger partial charge in [0.15, 0.2) is 0 Å². The van der Waals surface area contributed by atoms with Gasteiger partial charge in [0.25, 0.3) is 0 Å². The van der Waals surface area contributed by atoms with Gasteiger partial charge in [-0.3, -0.25) is 4.68 Å². The fourth-order valence-corrected chi connectivity index (χ4v) is 2.32. The molecule has 2 aromatic rings. The molecular formula is C16H20N4. The van der Waals surface area contributed by atoms with Crippen molar-refractivity contribution < 1.29 is 0 Å². The average molecular weight is 268 g/mol. The van der Waals surface area contributed by atoms with E-state index >= 15 is 0 Å². The van der Waals surface area contributed by atoms with Crippen LogP contribution in [0.15, 0.2) is 24.4 Å². The summed E-state index contributed by atoms with van der Waals surface area (Å²) < 4.78 is 1.86. The van der Waals surface area contributed by atoms with E-state index < -0.39 is 0 Å². The SMILES string of the molecule is CCc1nn(C)cc1CNCc1ccc(C#N)cc1C. The van der Waals surface area contributed by atoms with E-state index in [1.807, 2.05) is 36.9 Å². The van der Waals surface area contributed by atoms with Crippen LogP contribution in [-0.2, 0) is 26.6 Å². The highest BCUT2D eigenvalue weighted by atomic mass is 15.3. The van der Waals surface area contributed by atoms with Crippen molar-refractivity contribution in [2.45, 2.75) is 33.4 Å². The molecule has 20 heavy (non-hydrogen) atoms. The minimum Gasteiger partial charge on any atom is -0.308 e. The summed E-state index contributed by atoms with van der Waals surface area (Å²) in [6.45, 7) is 5.78. The van der Waals surface area contributed by atoms with Crippen LogP contribution in [0.1, 0.15) is 34.9 Å². The third-order valence-electron chi connectivity index (χ3n) is 3.43. The molecule has 0 spiro atoms. The summed E-state index contributed by atoms with van der Waals surface area (Å²) in [7, 11) is 1.95. The zero-order valence-corrected chi connectivity index (χ0v) is 12.3. The molecule has 1 aromatic carbocycles. The van der Waals surface area contributed by atoms with Gasteiger partial charge in [-0.25, -0.2) is 0 Å². The molecule has 0 atom stereocenters. The summed E-state index contributed by atoms with van der Waals surface area (Å²) in [6.07, 6.45) is 3.02. The highest BCUT2D eigenvalue weighted by Crippen LogP contribution is 2.11. The third kappa shape index (κ3) is 3.25. The minimum atomic E-state index is 0.715. The Morgan fingerprint density at radius 2 is 2.05 bits per heavy atom. The first-order valence-corrected chi connectivity index (χ1v) is 6.85. The molecule has 0 saturated heterocycles. The highest BCUT2D eigenvalue weighted by molar-refractivity contribution is 5.37. The van der Waals surface area contributed by atoms with Gasteiger partial charge in [-0.15, -0.1) is 0 Å². The van der Waals surface area contributed by atoms with Gasteiger partial charge in [-0.1, -0.05) is 13.0 Å². The Hall–Kier alpha value is -2.12. The standard InChI is InChI=1S/C16H20N4/c1-4-16-15(11-20(3)19-16)10-18-9-14-6-5-13(8-17)7-12(14)2/h5-7,11,18H,4,9-10H2,1-3H3. The Labute approximate surface area is 120 Å². The molecule has 0 amide bonds. The molecular weight excluding hydrogens is 248 g/mol. The van der Waals surface area contributed by atoms with Crippen LogP contribution in [0.2, 0.25) is 0 Å². The number of aryl methyl sites for hydroxylation is 3. The molecule has 0 aliphatic carbocycles. The van der Waals surface area contributed by atoms with Crippen LogP contribution < -0.4 is 5.32 Å². The Morgan fingerprint density at radius 1 is 1.30 bits per heavy atom. The fourth-order valence-electron chi connectivity index (χ4n) is 2.32. The number of aromatic nitrogens is 2. The maximum absolute atomic E-state index is 8.86. The van der Waals surface area contributed by atoms with E-state index in [-0.39, 0.29) is 0 Å². The summed E-state index contributed by atoms with van der Waals surface area (Å²) >= 11 is 0. The van der Waals surface area contributed by atoms with Gasteiger partial charge in [-0.2, -0.15) is 10.4 Å². The van der Waals surface area contributed by atoms with Crippen LogP contribution in [0.25, 0.3) is 0 Å². The molecule has 0 unspecified atom stereocenters. The second kappa shape index (κ2) is 6.36. The number of hydrogen-bond donors (Lipinski definition) is 1. The maximum Gasteiger partial charge on any atom is 0.0991 e. The summed E-state index contributed by atoms with van der Waals surface area (Å²) in [6, 6.07) is 7.98. The lowest BCUT2D eigenvalue weighted by Gasteiger charge is -2.08. The molecule has 0 fully saturated rings. The molecule has 104 valence electrons. The monoisotopic (exact) mass is 268 g/mol. The number of nitrogens with zero attached hydrogens (tertiary/aromatic N) is 3. The number of hydrogen-bond acceptors (Lipinski definition) is 3. The van der Waals surface area contributed by atoms with E-state index in [0.717, 1.165) is 30.8 Å². The lowest BCUT2D eigenvalue weighted by atomic mass is 10.1. The second-order valence-electron chi connectivity index (χ2n) is 4.98. The first-order chi connectivity index (χ1) is 9.63. The van der Waals surface area contributed by atoms with Crippen LogP contribution in [-0.4, -0.2) is 9.78 Å². The van der Waals surface area contributed by atoms with Crippen molar-refractivity contribution >= 4 is 0 Å². The molecule has 0 radical (unpaired) electrons. The van der Waals surface area contributed by atoms with Crippen molar-refractivity contribution in [1.29, 1.82) is 5.26 Å². The van der Waals surface area contributed by atoms with Gasteiger partial charge in [-0.05, 0) is 36.6 Å². The molecule has 1 N–H and O–H groups in total.